The summed E-state index contributed by atoms with van der Waals surface area (Å²) in [7, 11) is 0. The van der Waals surface area contributed by atoms with E-state index in [2.05, 4.69) is 19.2 Å². The van der Waals surface area contributed by atoms with Gasteiger partial charge in [0.25, 0.3) is 0 Å². The molecule has 6 fully saturated rings. The predicted octanol–water partition coefficient (Wildman–Crippen LogP) is 8.67. The van der Waals surface area contributed by atoms with Gasteiger partial charge in [0, 0.05) is 61.9 Å². The van der Waals surface area contributed by atoms with Crippen LogP contribution in [0.25, 0.3) is 0 Å². The molecule has 2 aromatic carbocycles. The molecule has 360 valence electrons. The molecule has 7 aliphatic rings. The van der Waals surface area contributed by atoms with Crippen molar-refractivity contribution < 1.29 is 52.4 Å². The van der Waals surface area contributed by atoms with Crippen molar-refractivity contribution in [1.82, 2.24) is 4.90 Å². The first-order valence-corrected chi connectivity index (χ1v) is 25.8. The van der Waals surface area contributed by atoms with Crippen LogP contribution in [0.4, 0.5) is 14.5 Å². The van der Waals surface area contributed by atoms with Gasteiger partial charge in [-0.25, -0.2) is 8.78 Å². The Morgan fingerprint density at radius 3 is 2.48 bits per heavy atom. The molecule has 0 bridgehead atoms. The molecular weight excluding hydrogens is 899 g/mol. The molecule has 12 atom stereocenters. The zero-order chi connectivity index (χ0) is 47.6. The van der Waals surface area contributed by atoms with Crippen LogP contribution in [0.1, 0.15) is 110 Å². The van der Waals surface area contributed by atoms with Gasteiger partial charge in [0.2, 0.25) is 17.7 Å². The van der Waals surface area contributed by atoms with E-state index in [-0.39, 0.29) is 66.1 Å². The minimum atomic E-state index is -2.33. The first kappa shape index (κ1) is 48.3. The Bertz CT molecular complexity index is 2360. The van der Waals surface area contributed by atoms with Crippen LogP contribution in [0, 0.1) is 34.5 Å². The highest BCUT2D eigenvalue weighted by molar-refractivity contribution is 8.01. The van der Waals surface area contributed by atoms with Gasteiger partial charge in [-0.15, -0.1) is 11.8 Å². The van der Waals surface area contributed by atoms with E-state index in [1.165, 1.54) is 35.7 Å². The molecule has 2 aromatic rings. The van der Waals surface area contributed by atoms with E-state index in [0.29, 0.717) is 35.9 Å². The molecule has 3 unspecified atom stereocenters. The van der Waals surface area contributed by atoms with Crippen LogP contribution >= 0.6 is 23.5 Å². The molecule has 2 heterocycles. The lowest BCUT2D eigenvalue weighted by Crippen LogP contribution is -2.70. The molecule has 2 saturated heterocycles. The van der Waals surface area contributed by atoms with Crippen molar-refractivity contribution in [1.29, 1.82) is 0 Å². The van der Waals surface area contributed by atoms with Crippen LogP contribution in [0.2, 0.25) is 0 Å². The molecule has 9 rings (SSSR count). The normalized spacial score (nSPS) is 38.2. The minimum absolute atomic E-state index is 0.0177. The Morgan fingerprint density at radius 2 is 1.76 bits per heavy atom. The van der Waals surface area contributed by atoms with Gasteiger partial charge in [-0.05, 0) is 118 Å². The summed E-state index contributed by atoms with van der Waals surface area (Å²) in [4.78, 5) is 68.9. The Kier molecular flexibility index (Phi) is 13.4. The van der Waals surface area contributed by atoms with E-state index < -0.39 is 76.8 Å². The molecular formula is C52H62F2N2O9S2. The molecule has 15 heteroatoms. The standard InChI is InChI=1S/C52H62F2N2O9S2/c1-5-6-8-29(2)66-41-25-45(61)56(47(41)63)27-30-11-13-31(14-12-30)46(62)55-33-9-7-10-36(21-33)67-35-17-15-32(16-18-35)48-64-44-24-37-38-23-40(53)39-22-34(58)19-20-49(39,3)51(38,54)42(59)26-50(37,4)52(44,65-48)43(60)28-57/h7,9-10,15-22,29-31,37-38,40-42,44,48,57,59H,5-6,8,11-14,23-28H2,1-4H3,(H,55,62)/t29?,30?,31?,37?,38-,40-,41?,42-,44+,48+,49-,50-,51-,52+/m0/s1. The number of thioether (sulfide) groups is 1. The average molecular weight is 961 g/mol. The number of imide groups is 1. The third kappa shape index (κ3) is 8.18. The monoisotopic (exact) mass is 960 g/mol. The van der Waals surface area contributed by atoms with Crippen LogP contribution in [0.5, 0.6) is 0 Å². The fraction of sp³-hybridized carbons (Fsp3) is 0.596. The maximum Gasteiger partial charge on any atom is 0.242 e. The van der Waals surface area contributed by atoms with Crippen molar-refractivity contribution in [2.45, 2.75) is 155 Å². The Labute approximate surface area is 399 Å². The summed E-state index contributed by atoms with van der Waals surface area (Å²) in [5, 5.41) is 25.3. The largest absolute Gasteiger partial charge is 0.390 e. The number of ketones is 2. The first-order chi connectivity index (χ1) is 31.9. The van der Waals surface area contributed by atoms with Crippen molar-refractivity contribution >= 4 is 58.5 Å². The number of unbranched alkanes of at least 4 members (excludes halogenated alkanes) is 1. The summed E-state index contributed by atoms with van der Waals surface area (Å²) >= 11 is 3.12. The summed E-state index contributed by atoms with van der Waals surface area (Å²) in [6, 6.07) is 15.1. The number of nitrogens with zero attached hydrogens (tertiary/aromatic N) is 1. The number of allylic oxidation sites excluding steroid dienone is 4. The number of Topliss-reactive ketones (excluding diaryl/α,β-unsaturated/α-hetero) is 1. The molecule has 0 radical (unpaired) electrons. The second kappa shape index (κ2) is 18.5. The third-order valence-electron chi connectivity index (χ3n) is 16.6. The lowest BCUT2D eigenvalue weighted by Gasteiger charge is -2.63. The molecule has 4 saturated carbocycles. The van der Waals surface area contributed by atoms with Crippen LogP contribution < -0.4 is 5.32 Å². The van der Waals surface area contributed by atoms with Gasteiger partial charge in [0.1, 0.15) is 12.8 Å². The van der Waals surface area contributed by atoms with Gasteiger partial charge in [-0.3, -0.25) is 28.9 Å². The maximum absolute atomic E-state index is 17.8. The van der Waals surface area contributed by atoms with Crippen LogP contribution in [-0.2, 0) is 33.4 Å². The summed E-state index contributed by atoms with van der Waals surface area (Å²) in [6.45, 7) is 7.14. The highest BCUT2D eigenvalue weighted by atomic mass is 32.2. The first-order valence-electron chi connectivity index (χ1n) is 24.1. The number of likely N-dealkylation sites (tertiary alicyclic amines) is 1. The number of nitrogens with one attached hydrogen (secondary N) is 1. The van der Waals surface area contributed by atoms with Crippen molar-refractivity contribution in [3.63, 3.8) is 0 Å². The SMILES string of the molecule is CCCCC(C)SC1CC(=O)N(CC2CCC(C(=O)Nc3cccc(Sc4ccc([C@@H]5O[C@@H]6CC7[C@@H]8C[C@H](F)C9=CC(=O)C=C[C@]9(C)[C@@]8(F)[C@@H](O)C[C@]7(C)[C@]6(C(=O)CO)O5)cc4)c3)CC2)C1=O. The number of rotatable bonds is 14. The van der Waals surface area contributed by atoms with E-state index in [1.807, 2.05) is 48.5 Å². The predicted molar refractivity (Wildman–Crippen MR) is 250 cm³/mol. The number of carbonyl (C=O) groups is 5. The summed E-state index contributed by atoms with van der Waals surface area (Å²) in [6.07, 6.45) is 4.67. The molecule has 5 aliphatic carbocycles. The van der Waals surface area contributed by atoms with Gasteiger partial charge in [-0.1, -0.05) is 69.6 Å². The van der Waals surface area contributed by atoms with Crippen molar-refractivity contribution in [2.75, 3.05) is 18.5 Å². The Morgan fingerprint density at radius 1 is 1.01 bits per heavy atom. The highest BCUT2D eigenvalue weighted by Crippen LogP contribution is 2.72. The van der Waals surface area contributed by atoms with E-state index in [4.69, 9.17) is 9.47 Å². The van der Waals surface area contributed by atoms with Crippen molar-refractivity contribution in [3.8, 4) is 0 Å². The number of carbonyl (C=O) groups excluding carboxylic acids is 5. The van der Waals surface area contributed by atoms with E-state index in [9.17, 15) is 34.2 Å². The van der Waals surface area contributed by atoms with Crippen LogP contribution in [0.3, 0.4) is 0 Å². The summed E-state index contributed by atoms with van der Waals surface area (Å²) in [5.74, 6) is -2.93. The van der Waals surface area contributed by atoms with Gasteiger partial charge in [0.05, 0.1) is 17.5 Å². The number of alkyl halides is 2. The molecule has 0 aromatic heterocycles. The number of aliphatic hydroxyl groups is 2. The molecule has 3 N–H and O–H groups in total. The smallest absolute Gasteiger partial charge is 0.242 e. The number of hydrogen-bond donors (Lipinski definition) is 3. The van der Waals surface area contributed by atoms with Crippen LogP contribution in [-0.4, -0.2) is 97.7 Å². The number of fused-ring (bicyclic) bond motifs is 7. The Balaban J connectivity index is 0.808. The highest BCUT2D eigenvalue weighted by Gasteiger charge is 2.80. The second-order valence-corrected chi connectivity index (χ2v) is 23.3. The lowest BCUT2D eigenvalue weighted by molar-refractivity contribution is -0.235. The molecule has 11 nitrogen and oxygen atoms in total. The number of hydrogen-bond acceptors (Lipinski definition) is 11. The topological polar surface area (TPSA) is 160 Å². The number of anilines is 1. The fourth-order valence-corrected chi connectivity index (χ4v) is 15.3. The fourth-order valence-electron chi connectivity index (χ4n) is 13.1. The van der Waals surface area contributed by atoms with E-state index in [1.54, 1.807) is 18.7 Å². The number of halogens is 2. The molecule has 3 amide bonds. The van der Waals surface area contributed by atoms with Crippen molar-refractivity contribution in [3.05, 3.63) is 77.9 Å². The Hall–Kier alpha value is -3.73. The molecule has 2 aliphatic heterocycles. The third-order valence-corrected chi connectivity index (χ3v) is 19.0. The lowest BCUT2D eigenvalue weighted by atomic mass is 9.44. The average Bonchev–Trinajstić information content (AvgIpc) is 3.90. The minimum Gasteiger partial charge on any atom is -0.390 e. The van der Waals surface area contributed by atoms with Crippen LogP contribution in [0.15, 0.2) is 82.1 Å². The van der Waals surface area contributed by atoms with Gasteiger partial charge < -0.3 is 25.0 Å². The summed E-state index contributed by atoms with van der Waals surface area (Å²) in [5.41, 5.74) is -5.56. The van der Waals surface area contributed by atoms with Gasteiger partial charge in [-0.2, -0.15) is 0 Å². The number of ether oxygens (including phenoxy) is 2. The van der Waals surface area contributed by atoms with E-state index >= 15 is 8.78 Å². The molecule has 0 spiro atoms. The zero-order valence-corrected chi connectivity index (χ0v) is 40.2. The number of aliphatic hydroxyl groups excluding tert-OH is 2. The number of amides is 3. The van der Waals surface area contributed by atoms with Gasteiger partial charge in [0.15, 0.2) is 29.1 Å². The second-order valence-electron chi connectivity index (χ2n) is 20.5. The van der Waals surface area contributed by atoms with E-state index in [0.717, 1.165) is 48.0 Å². The quantitative estimate of drug-likeness (QED) is 0.156. The maximum atomic E-state index is 17.8. The summed E-state index contributed by atoms with van der Waals surface area (Å²) < 4.78 is 46.9. The number of benzene rings is 2. The zero-order valence-electron chi connectivity index (χ0n) is 38.6. The van der Waals surface area contributed by atoms with Crippen molar-refractivity contribution in [2.24, 2.45) is 34.5 Å². The molecule has 67 heavy (non-hydrogen) atoms. The van der Waals surface area contributed by atoms with Gasteiger partial charge >= 0.3 is 0 Å².